The van der Waals surface area contributed by atoms with Gasteiger partial charge >= 0.3 is 0 Å². The van der Waals surface area contributed by atoms with Gasteiger partial charge in [0.2, 0.25) is 5.91 Å². The number of carbonyl (C=O) groups is 2. The maximum absolute atomic E-state index is 13.9. The van der Waals surface area contributed by atoms with Gasteiger partial charge in [0.15, 0.2) is 6.54 Å². The second kappa shape index (κ2) is 9.60. The molecule has 0 saturated heterocycles. The van der Waals surface area contributed by atoms with Crippen LogP contribution in [0, 0.1) is 11.6 Å². The highest BCUT2D eigenvalue weighted by Crippen LogP contribution is 2.14. The molecule has 1 atom stereocenters. The van der Waals surface area contributed by atoms with Crippen molar-refractivity contribution >= 4 is 17.5 Å². The molecular weight excluding hydrogens is 376 g/mol. The smallest absolute Gasteiger partial charge is 0.278 e. The van der Waals surface area contributed by atoms with Gasteiger partial charge in [-0.3, -0.25) is 9.59 Å². The lowest BCUT2D eigenvalue weighted by Gasteiger charge is -2.35. The Kier molecular flexibility index (Phi) is 7.45. The van der Waals surface area contributed by atoms with Crippen LogP contribution in [0.2, 0.25) is 0 Å². The number of nitrogens with one attached hydrogen (secondary N) is 2. The van der Waals surface area contributed by atoms with Crippen LogP contribution in [0.5, 0.6) is 0 Å². The second-order valence-electron chi connectivity index (χ2n) is 8.11. The van der Waals surface area contributed by atoms with E-state index in [9.17, 15) is 18.4 Å². The number of rotatable bonds is 7. The number of anilines is 1. The number of halogens is 2. The van der Waals surface area contributed by atoms with E-state index in [1.165, 1.54) is 35.2 Å². The summed E-state index contributed by atoms with van der Waals surface area (Å²) >= 11 is 0. The number of carbonyl (C=O) groups excluding carboxylic acids is 2. The molecule has 2 N–H and O–H groups in total. The van der Waals surface area contributed by atoms with E-state index < -0.39 is 11.4 Å². The van der Waals surface area contributed by atoms with Crippen LogP contribution in [0.3, 0.4) is 0 Å². The number of hydrogen-bond acceptors (Lipinski definition) is 2. The lowest BCUT2D eigenvalue weighted by molar-refractivity contribution is -0.885. The summed E-state index contributed by atoms with van der Waals surface area (Å²) in [5.41, 5.74) is 0.421. The van der Waals surface area contributed by atoms with Crippen molar-refractivity contribution < 1.29 is 23.3 Å². The Morgan fingerprint density at radius 2 is 1.66 bits per heavy atom. The van der Waals surface area contributed by atoms with E-state index in [2.05, 4.69) is 5.32 Å². The maximum atomic E-state index is 13.9. The fourth-order valence-electron chi connectivity index (χ4n) is 2.96. The average molecular weight is 404 g/mol. The Morgan fingerprint density at radius 1 is 1.03 bits per heavy atom. The van der Waals surface area contributed by atoms with E-state index in [1.807, 2.05) is 27.8 Å². The molecule has 0 radical (unpaired) electrons. The quantitative estimate of drug-likeness (QED) is 0.744. The zero-order valence-electron chi connectivity index (χ0n) is 17.3. The third-order valence-electron chi connectivity index (χ3n) is 4.44. The number of quaternary nitrogens is 1. The zero-order valence-corrected chi connectivity index (χ0v) is 17.3. The van der Waals surface area contributed by atoms with Crippen molar-refractivity contribution in [1.82, 2.24) is 4.90 Å². The van der Waals surface area contributed by atoms with Crippen molar-refractivity contribution in [3.63, 3.8) is 0 Å². The predicted molar refractivity (Wildman–Crippen MR) is 108 cm³/mol. The maximum Gasteiger partial charge on any atom is 0.278 e. The highest BCUT2D eigenvalue weighted by molar-refractivity contribution is 5.94. The fourth-order valence-corrected chi connectivity index (χ4v) is 2.96. The highest BCUT2D eigenvalue weighted by atomic mass is 19.1. The molecule has 2 aromatic rings. The Bertz CT molecular complexity index is 848. The normalized spacial score (nSPS) is 12.3. The van der Waals surface area contributed by atoms with Crippen LogP contribution in [-0.2, 0) is 16.1 Å². The molecule has 5 nitrogen and oxygen atoms in total. The molecule has 2 aromatic carbocycles. The largest absolute Gasteiger partial charge is 0.326 e. The minimum Gasteiger partial charge on any atom is -0.326 e. The molecule has 7 heteroatoms. The minimum atomic E-state index is -0.574. The highest BCUT2D eigenvalue weighted by Gasteiger charge is 2.30. The summed E-state index contributed by atoms with van der Waals surface area (Å²) < 4.78 is 26.9. The third-order valence-corrected chi connectivity index (χ3v) is 4.44. The van der Waals surface area contributed by atoms with Crippen molar-refractivity contribution in [2.24, 2.45) is 0 Å². The molecule has 29 heavy (non-hydrogen) atoms. The zero-order chi connectivity index (χ0) is 21.6. The van der Waals surface area contributed by atoms with Crippen LogP contribution < -0.4 is 10.2 Å². The van der Waals surface area contributed by atoms with Crippen molar-refractivity contribution in [3.8, 4) is 0 Å². The minimum absolute atomic E-state index is 0.120. The molecular formula is C22H28F2N3O2+. The van der Waals surface area contributed by atoms with Gasteiger partial charge in [0.1, 0.15) is 24.7 Å². The Hall–Kier alpha value is -2.80. The Morgan fingerprint density at radius 3 is 2.24 bits per heavy atom. The molecule has 0 spiro atoms. The fraction of sp³-hybridized carbons (Fsp3) is 0.364. The first-order chi connectivity index (χ1) is 13.6. The summed E-state index contributed by atoms with van der Waals surface area (Å²) in [6.45, 7) is 5.90. The van der Waals surface area contributed by atoms with Gasteiger partial charge < -0.3 is 15.1 Å². The van der Waals surface area contributed by atoms with E-state index in [1.54, 1.807) is 18.2 Å². The Balaban J connectivity index is 2.01. The lowest BCUT2D eigenvalue weighted by atomic mass is 10.1. The second-order valence-corrected chi connectivity index (χ2v) is 8.11. The van der Waals surface area contributed by atoms with Gasteiger partial charge in [-0.05, 0) is 51.1 Å². The summed E-state index contributed by atoms with van der Waals surface area (Å²) in [6, 6.07) is 11.9. The summed E-state index contributed by atoms with van der Waals surface area (Å²) in [4.78, 5) is 27.6. The van der Waals surface area contributed by atoms with Crippen LogP contribution in [0.15, 0.2) is 48.5 Å². The van der Waals surface area contributed by atoms with Gasteiger partial charge in [0.05, 0.1) is 7.05 Å². The molecule has 2 amide bonds. The average Bonchev–Trinajstić information content (AvgIpc) is 2.62. The van der Waals surface area contributed by atoms with Gasteiger partial charge in [0, 0.05) is 16.8 Å². The summed E-state index contributed by atoms with van der Waals surface area (Å²) in [5, 5.41) is 2.67. The molecule has 0 heterocycles. The summed E-state index contributed by atoms with van der Waals surface area (Å²) in [6.07, 6.45) is 0. The first kappa shape index (κ1) is 22.5. The number of benzene rings is 2. The van der Waals surface area contributed by atoms with E-state index in [0.29, 0.717) is 17.8 Å². The van der Waals surface area contributed by atoms with Crippen LogP contribution in [0.25, 0.3) is 0 Å². The van der Waals surface area contributed by atoms with Crippen molar-refractivity contribution in [2.45, 2.75) is 32.9 Å². The van der Waals surface area contributed by atoms with Gasteiger partial charge in [-0.1, -0.05) is 18.2 Å². The van der Waals surface area contributed by atoms with Crippen molar-refractivity contribution in [1.29, 1.82) is 0 Å². The molecule has 1 unspecified atom stereocenters. The summed E-state index contributed by atoms with van der Waals surface area (Å²) in [7, 11) is 1.81. The van der Waals surface area contributed by atoms with Crippen LogP contribution in [0.4, 0.5) is 14.5 Å². The van der Waals surface area contributed by atoms with E-state index in [4.69, 9.17) is 0 Å². The van der Waals surface area contributed by atoms with E-state index in [-0.39, 0.29) is 30.7 Å². The van der Waals surface area contributed by atoms with Crippen LogP contribution in [0.1, 0.15) is 26.3 Å². The van der Waals surface area contributed by atoms with Gasteiger partial charge in [0.25, 0.3) is 5.91 Å². The van der Waals surface area contributed by atoms with Gasteiger partial charge in [-0.2, -0.15) is 0 Å². The van der Waals surface area contributed by atoms with E-state index >= 15 is 0 Å². The Labute approximate surface area is 170 Å². The molecule has 0 fully saturated rings. The number of likely N-dealkylation sites (N-methyl/N-ethyl adjacent to an activating group) is 1. The monoisotopic (exact) mass is 404 g/mol. The molecule has 0 aliphatic rings. The van der Waals surface area contributed by atoms with Gasteiger partial charge in [-0.15, -0.1) is 0 Å². The van der Waals surface area contributed by atoms with Gasteiger partial charge in [-0.25, -0.2) is 8.78 Å². The number of amides is 2. The molecule has 0 saturated carbocycles. The molecule has 0 aromatic heterocycles. The van der Waals surface area contributed by atoms with Crippen molar-refractivity contribution in [3.05, 3.63) is 65.7 Å². The number of nitrogens with zero attached hydrogens (tertiary/aromatic N) is 1. The standard InChI is InChI=1S/C22H27F2N3O2/c1-22(2,3)27(14-20(28)25-18-11-9-17(23)10-12-18)21(29)15-26(4)13-16-7-5-6-8-19(16)24/h5-12H,13-15H2,1-4H3,(H,25,28)/p+1. The van der Waals surface area contributed by atoms with Crippen molar-refractivity contribution in [2.75, 3.05) is 25.5 Å². The van der Waals surface area contributed by atoms with Crippen LogP contribution in [-0.4, -0.2) is 42.4 Å². The SMILES string of the molecule is C[NH+](CC(=O)N(CC(=O)Nc1ccc(F)cc1)C(C)(C)C)Cc1ccccc1F. The first-order valence-electron chi connectivity index (χ1n) is 9.47. The van der Waals surface area contributed by atoms with Crippen LogP contribution >= 0.6 is 0 Å². The molecule has 156 valence electrons. The molecule has 0 aliphatic heterocycles. The molecule has 2 rings (SSSR count). The molecule has 0 aliphatic carbocycles. The predicted octanol–water partition coefficient (Wildman–Crippen LogP) is 2.25. The topological polar surface area (TPSA) is 53.9 Å². The first-order valence-corrected chi connectivity index (χ1v) is 9.47. The third kappa shape index (κ3) is 6.94. The lowest BCUT2D eigenvalue weighted by Crippen LogP contribution is -3.09. The number of hydrogen-bond donors (Lipinski definition) is 2. The van der Waals surface area contributed by atoms with E-state index in [0.717, 1.165) is 4.90 Å². The summed E-state index contributed by atoms with van der Waals surface area (Å²) in [5.74, 6) is -1.27. The molecule has 0 bridgehead atoms.